The van der Waals surface area contributed by atoms with Crippen molar-refractivity contribution in [1.82, 2.24) is 9.80 Å². The third-order valence-electron chi connectivity index (χ3n) is 5.84. The molecule has 2 fully saturated rings. The lowest BCUT2D eigenvalue weighted by molar-refractivity contribution is -0.159. The SMILES string of the molecule is COc1ccc(OC)c(CN2CCCC(C(=O)N3CCCCCC3)C2)c1.O=C(O)C(=O)O. The second-order valence-corrected chi connectivity index (χ2v) is 8.10. The highest BCUT2D eigenvalue weighted by Crippen LogP contribution is 2.28. The van der Waals surface area contributed by atoms with Crippen LogP contribution < -0.4 is 9.47 Å². The number of likely N-dealkylation sites (tertiary alicyclic amines) is 2. The van der Waals surface area contributed by atoms with Crippen LogP contribution in [0.3, 0.4) is 0 Å². The molecule has 0 radical (unpaired) electrons. The van der Waals surface area contributed by atoms with Crippen LogP contribution in [-0.4, -0.2) is 78.3 Å². The van der Waals surface area contributed by atoms with Gasteiger partial charge in [0, 0.05) is 31.7 Å². The summed E-state index contributed by atoms with van der Waals surface area (Å²) in [6, 6.07) is 5.92. The number of carboxylic acid groups (broad SMARTS) is 2. The second-order valence-electron chi connectivity index (χ2n) is 8.10. The summed E-state index contributed by atoms with van der Waals surface area (Å²) in [5.74, 6) is -1.42. The number of nitrogens with zero attached hydrogens (tertiary/aromatic N) is 2. The zero-order chi connectivity index (χ0) is 23.5. The summed E-state index contributed by atoms with van der Waals surface area (Å²) < 4.78 is 10.9. The van der Waals surface area contributed by atoms with Crippen LogP contribution in [0.1, 0.15) is 44.1 Å². The molecule has 2 aliphatic rings. The number of carbonyl (C=O) groups excluding carboxylic acids is 1. The summed E-state index contributed by atoms with van der Waals surface area (Å²) in [5, 5.41) is 14.8. The summed E-state index contributed by atoms with van der Waals surface area (Å²) in [6.07, 6.45) is 6.93. The van der Waals surface area contributed by atoms with E-state index in [-0.39, 0.29) is 5.92 Å². The van der Waals surface area contributed by atoms with Crippen molar-refractivity contribution in [1.29, 1.82) is 0 Å². The van der Waals surface area contributed by atoms with Crippen LogP contribution in [0.25, 0.3) is 0 Å². The molecule has 1 aromatic carbocycles. The average Bonchev–Trinajstić information content (AvgIpc) is 3.08. The molecule has 0 saturated carbocycles. The molecule has 0 aliphatic carbocycles. The van der Waals surface area contributed by atoms with Gasteiger partial charge in [0.25, 0.3) is 0 Å². The van der Waals surface area contributed by atoms with Crippen molar-refractivity contribution in [3.63, 3.8) is 0 Å². The van der Waals surface area contributed by atoms with Gasteiger partial charge >= 0.3 is 11.9 Å². The van der Waals surface area contributed by atoms with Gasteiger partial charge in [0.1, 0.15) is 11.5 Å². The number of amides is 1. The molecule has 1 amide bonds. The van der Waals surface area contributed by atoms with Crippen molar-refractivity contribution in [3.05, 3.63) is 23.8 Å². The molecule has 2 heterocycles. The number of hydrogen-bond acceptors (Lipinski definition) is 6. The molecule has 2 N–H and O–H groups in total. The first-order valence-electron chi connectivity index (χ1n) is 11.0. The number of benzene rings is 1. The van der Waals surface area contributed by atoms with Crippen LogP contribution in [0.15, 0.2) is 18.2 Å². The van der Waals surface area contributed by atoms with E-state index in [0.29, 0.717) is 5.91 Å². The lowest BCUT2D eigenvalue weighted by atomic mass is 9.95. The van der Waals surface area contributed by atoms with Gasteiger partial charge in [-0.1, -0.05) is 12.8 Å². The molecule has 0 bridgehead atoms. The van der Waals surface area contributed by atoms with Crippen molar-refractivity contribution in [2.45, 2.75) is 45.1 Å². The molecular weight excluding hydrogens is 416 g/mol. The standard InChI is InChI=1S/C21H32N2O3.C2H2O4/c1-25-19-9-10-20(26-2)18(14-19)16-22-11-7-8-17(15-22)21(24)23-12-5-3-4-6-13-23;3-1(4)2(5)6/h9-10,14,17H,3-8,11-13,15-16H2,1-2H3;(H,3,4)(H,5,6). The Balaban J connectivity index is 0.000000534. The molecule has 2 aliphatic heterocycles. The maximum absolute atomic E-state index is 13.0. The number of piperidine rings is 1. The number of carbonyl (C=O) groups is 3. The molecule has 3 rings (SSSR count). The predicted molar refractivity (Wildman–Crippen MR) is 118 cm³/mol. The summed E-state index contributed by atoms with van der Waals surface area (Å²) in [4.78, 5) is 35.7. The van der Waals surface area contributed by atoms with Crippen LogP contribution >= 0.6 is 0 Å². The molecule has 1 aromatic rings. The minimum atomic E-state index is -1.82. The van der Waals surface area contributed by atoms with Crippen LogP contribution in [0.4, 0.5) is 0 Å². The average molecular weight is 451 g/mol. The highest BCUT2D eigenvalue weighted by molar-refractivity contribution is 6.27. The number of carboxylic acids is 2. The first-order valence-corrected chi connectivity index (χ1v) is 11.0. The van der Waals surface area contributed by atoms with Crippen molar-refractivity contribution < 1.29 is 34.1 Å². The van der Waals surface area contributed by atoms with Crippen molar-refractivity contribution in [2.24, 2.45) is 5.92 Å². The Labute approximate surface area is 188 Å². The first kappa shape index (κ1) is 25.5. The number of rotatable bonds is 5. The van der Waals surface area contributed by atoms with Crippen LogP contribution in [0.2, 0.25) is 0 Å². The van der Waals surface area contributed by atoms with E-state index in [1.54, 1.807) is 14.2 Å². The molecule has 9 heteroatoms. The Kier molecular flexibility index (Phi) is 10.3. The van der Waals surface area contributed by atoms with Gasteiger partial charge in [0.05, 0.1) is 20.1 Å². The van der Waals surface area contributed by atoms with E-state index in [4.69, 9.17) is 29.3 Å². The number of ether oxygens (including phenoxy) is 2. The lowest BCUT2D eigenvalue weighted by Crippen LogP contribution is -2.44. The highest BCUT2D eigenvalue weighted by atomic mass is 16.5. The minimum absolute atomic E-state index is 0.137. The molecule has 1 atom stereocenters. The first-order chi connectivity index (χ1) is 15.3. The van der Waals surface area contributed by atoms with E-state index in [1.807, 2.05) is 18.2 Å². The Hall–Kier alpha value is -2.81. The number of aliphatic carboxylic acids is 2. The predicted octanol–water partition coefficient (Wildman–Crippen LogP) is 2.47. The molecule has 0 spiro atoms. The highest BCUT2D eigenvalue weighted by Gasteiger charge is 2.29. The Morgan fingerprint density at radius 1 is 0.938 bits per heavy atom. The normalized spacial score (nSPS) is 19.2. The third kappa shape index (κ3) is 7.71. The smallest absolute Gasteiger partial charge is 0.414 e. The number of hydrogen-bond donors (Lipinski definition) is 2. The fourth-order valence-electron chi connectivity index (χ4n) is 4.20. The van der Waals surface area contributed by atoms with Crippen molar-refractivity contribution in [2.75, 3.05) is 40.4 Å². The Bertz CT molecular complexity index is 764. The molecule has 9 nitrogen and oxygen atoms in total. The maximum atomic E-state index is 13.0. The van der Waals surface area contributed by atoms with Crippen LogP contribution in [-0.2, 0) is 20.9 Å². The van der Waals surface area contributed by atoms with Gasteiger partial charge in [0.2, 0.25) is 5.91 Å². The fraction of sp³-hybridized carbons (Fsp3) is 0.609. The molecule has 2 saturated heterocycles. The maximum Gasteiger partial charge on any atom is 0.414 e. The van der Waals surface area contributed by atoms with E-state index >= 15 is 0 Å². The fourth-order valence-corrected chi connectivity index (χ4v) is 4.20. The largest absolute Gasteiger partial charge is 0.497 e. The second kappa shape index (κ2) is 12.9. The van der Waals surface area contributed by atoms with Gasteiger partial charge in [-0.15, -0.1) is 0 Å². The quantitative estimate of drug-likeness (QED) is 0.657. The Morgan fingerprint density at radius 2 is 1.59 bits per heavy atom. The van der Waals surface area contributed by atoms with Gasteiger partial charge in [-0.05, 0) is 50.4 Å². The van der Waals surface area contributed by atoms with Gasteiger partial charge in [-0.25, -0.2) is 9.59 Å². The van der Waals surface area contributed by atoms with Crippen molar-refractivity contribution >= 4 is 17.8 Å². The van der Waals surface area contributed by atoms with E-state index in [2.05, 4.69) is 9.80 Å². The number of methoxy groups -OCH3 is 2. The molecule has 32 heavy (non-hydrogen) atoms. The monoisotopic (exact) mass is 450 g/mol. The summed E-state index contributed by atoms with van der Waals surface area (Å²) in [5.41, 5.74) is 1.12. The molecule has 0 aromatic heterocycles. The van der Waals surface area contributed by atoms with E-state index in [9.17, 15) is 4.79 Å². The zero-order valence-electron chi connectivity index (χ0n) is 18.9. The van der Waals surface area contributed by atoms with Gasteiger partial charge in [0.15, 0.2) is 0 Å². The van der Waals surface area contributed by atoms with E-state index < -0.39 is 11.9 Å². The van der Waals surface area contributed by atoms with Crippen LogP contribution in [0, 0.1) is 5.92 Å². The summed E-state index contributed by atoms with van der Waals surface area (Å²) in [7, 11) is 3.38. The summed E-state index contributed by atoms with van der Waals surface area (Å²) in [6.45, 7) is 4.56. The van der Waals surface area contributed by atoms with E-state index in [1.165, 1.54) is 12.8 Å². The zero-order valence-corrected chi connectivity index (χ0v) is 18.9. The van der Waals surface area contributed by atoms with E-state index in [0.717, 1.165) is 75.5 Å². The molecular formula is C23H34N2O7. The topological polar surface area (TPSA) is 117 Å². The van der Waals surface area contributed by atoms with Crippen molar-refractivity contribution in [3.8, 4) is 11.5 Å². The molecule has 1 unspecified atom stereocenters. The van der Waals surface area contributed by atoms with Gasteiger partial charge in [-0.2, -0.15) is 0 Å². The summed E-state index contributed by atoms with van der Waals surface area (Å²) >= 11 is 0. The Morgan fingerprint density at radius 3 is 2.16 bits per heavy atom. The third-order valence-corrected chi connectivity index (χ3v) is 5.84. The molecule has 178 valence electrons. The lowest BCUT2D eigenvalue weighted by Gasteiger charge is -2.35. The minimum Gasteiger partial charge on any atom is -0.497 e. The van der Waals surface area contributed by atoms with Crippen LogP contribution in [0.5, 0.6) is 11.5 Å². The van der Waals surface area contributed by atoms with Gasteiger partial charge < -0.3 is 24.6 Å². The van der Waals surface area contributed by atoms with Gasteiger partial charge in [-0.3, -0.25) is 9.69 Å².